The van der Waals surface area contributed by atoms with E-state index in [9.17, 15) is 8.42 Å². The molecule has 0 spiro atoms. The molecule has 0 aliphatic carbocycles. The first-order valence-corrected chi connectivity index (χ1v) is 7.86. The summed E-state index contributed by atoms with van der Waals surface area (Å²) in [6.07, 6.45) is 1.63. The predicted octanol–water partition coefficient (Wildman–Crippen LogP) is 1.72. The summed E-state index contributed by atoms with van der Waals surface area (Å²) in [6.45, 7) is 0.225. The van der Waals surface area contributed by atoms with Gasteiger partial charge in [-0.3, -0.25) is 4.68 Å². The Balaban J connectivity index is 2.15. The molecule has 0 atom stereocenters. The van der Waals surface area contributed by atoms with Crippen molar-refractivity contribution in [3.05, 3.63) is 33.9 Å². The van der Waals surface area contributed by atoms with Gasteiger partial charge in [-0.15, -0.1) is 11.3 Å². The number of halogens is 1. The Morgan fingerprint density at radius 2 is 2.29 bits per heavy atom. The van der Waals surface area contributed by atoms with Crippen LogP contribution in [-0.4, -0.2) is 18.2 Å². The number of nitrogens with zero attached hydrogens (tertiary/aromatic N) is 2. The van der Waals surface area contributed by atoms with Crippen LogP contribution in [0.2, 0.25) is 0 Å². The van der Waals surface area contributed by atoms with E-state index in [2.05, 4.69) is 25.8 Å². The van der Waals surface area contributed by atoms with E-state index in [0.717, 1.165) is 5.69 Å². The molecule has 0 aromatic carbocycles. The van der Waals surface area contributed by atoms with Gasteiger partial charge in [-0.2, -0.15) is 5.10 Å². The lowest BCUT2D eigenvalue weighted by molar-refractivity contribution is 0.579. The molecule has 2 aromatic rings. The second kappa shape index (κ2) is 4.89. The van der Waals surface area contributed by atoms with E-state index in [0.29, 0.717) is 8.68 Å². The van der Waals surface area contributed by atoms with E-state index in [4.69, 9.17) is 0 Å². The van der Waals surface area contributed by atoms with Crippen LogP contribution in [0.4, 0.5) is 0 Å². The van der Waals surface area contributed by atoms with Crippen molar-refractivity contribution < 1.29 is 8.42 Å². The van der Waals surface area contributed by atoms with E-state index in [1.54, 1.807) is 35.4 Å². The molecule has 0 amide bonds. The minimum atomic E-state index is -3.46. The van der Waals surface area contributed by atoms with Crippen LogP contribution in [0.5, 0.6) is 0 Å². The van der Waals surface area contributed by atoms with E-state index >= 15 is 0 Å². The summed E-state index contributed by atoms with van der Waals surface area (Å²) in [5.41, 5.74) is 0.807. The summed E-state index contributed by atoms with van der Waals surface area (Å²) in [4.78, 5) is 0. The van der Waals surface area contributed by atoms with Gasteiger partial charge in [-0.05, 0) is 33.4 Å². The average Bonchev–Trinajstić information content (AvgIpc) is 2.85. The molecular weight excluding hydrogens is 326 g/mol. The van der Waals surface area contributed by atoms with E-state index in [-0.39, 0.29) is 6.54 Å². The van der Waals surface area contributed by atoms with Crippen LogP contribution in [0, 0.1) is 0 Å². The third-order valence-corrected chi connectivity index (χ3v) is 6.27. The van der Waals surface area contributed by atoms with Crippen LogP contribution in [-0.2, 0) is 23.6 Å². The summed E-state index contributed by atoms with van der Waals surface area (Å²) < 4.78 is 29.0. The molecule has 2 aromatic heterocycles. The summed E-state index contributed by atoms with van der Waals surface area (Å²) in [5, 5.41) is 5.70. The first-order chi connectivity index (χ1) is 8.00. The van der Waals surface area contributed by atoms with Crippen molar-refractivity contribution in [3.8, 4) is 0 Å². The Bertz CT molecular complexity index is 618. The zero-order chi connectivity index (χ0) is 12.5. The first kappa shape index (κ1) is 12.7. The van der Waals surface area contributed by atoms with Crippen LogP contribution >= 0.6 is 27.3 Å². The normalized spacial score (nSPS) is 11.9. The highest BCUT2D eigenvalue weighted by Crippen LogP contribution is 2.27. The summed E-state index contributed by atoms with van der Waals surface area (Å²) in [6, 6.07) is 3.48. The lowest BCUT2D eigenvalue weighted by Gasteiger charge is -2.05. The maximum absolute atomic E-state index is 12.0. The molecule has 0 fully saturated rings. The zero-order valence-electron chi connectivity index (χ0n) is 8.92. The smallest absolute Gasteiger partial charge is 0.251 e. The minimum Gasteiger partial charge on any atom is -0.271 e. The second-order valence-corrected chi connectivity index (χ2v) is 7.06. The van der Waals surface area contributed by atoms with E-state index < -0.39 is 10.0 Å². The number of thiophene rings is 1. The quantitative estimate of drug-likeness (QED) is 0.925. The van der Waals surface area contributed by atoms with Crippen LogP contribution in [0.25, 0.3) is 0 Å². The molecule has 0 aliphatic rings. The number of nitrogens with one attached hydrogen (secondary N) is 1. The predicted molar refractivity (Wildman–Crippen MR) is 69.3 cm³/mol. The number of aryl methyl sites for hydroxylation is 1. The van der Waals surface area contributed by atoms with Crippen LogP contribution in [0.1, 0.15) is 5.69 Å². The maximum Gasteiger partial charge on any atom is 0.251 e. The second-order valence-electron chi connectivity index (χ2n) is 3.33. The van der Waals surface area contributed by atoms with Gasteiger partial charge in [0.2, 0.25) is 0 Å². The topological polar surface area (TPSA) is 64.0 Å². The zero-order valence-corrected chi connectivity index (χ0v) is 12.1. The number of hydrogen-bond donors (Lipinski definition) is 1. The van der Waals surface area contributed by atoms with Gasteiger partial charge >= 0.3 is 0 Å². The molecule has 8 heteroatoms. The molecule has 0 saturated heterocycles. The molecule has 0 unspecified atom stereocenters. The first-order valence-electron chi connectivity index (χ1n) is 4.70. The van der Waals surface area contributed by atoms with Gasteiger partial charge in [0.25, 0.3) is 10.0 Å². The number of aromatic nitrogens is 2. The Morgan fingerprint density at radius 1 is 1.53 bits per heavy atom. The summed E-state index contributed by atoms with van der Waals surface area (Å²) >= 11 is 4.39. The molecule has 2 heterocycles. The maximum atomic E-state index is 12.0. The highest BCUT2D eigenvalue weighted by molar-refractivity contribution is 9.10. The van der Waals surface area contributed by atoms with Gasteiger partial charge in [0.15, 0.2) is 0 Å². The van der Waals surface area contributed by atoms with Crippen LogP contribution in [0.3, 0.4) is 0 Å². The van der Waals surface area contributed by atoms with E-state index in [1.165, 1.54) is 11.3 Å². The molecule has 2 rings (SSSR count). The lowest BCUT2D eigenvalue weighted by Crippen LogP contribution is -2.23. The lowest BCUT2D eigenvalue weighted by atomic mass is 10.4. The molecule has 1 N–H and O–H groups in total. The summed E-state index contributed by atoms with van der Waals surface area (Å²) in [7, 11) is -1.69. The molecule has 0 saturated carbocycles. The third kappa shape index (κ3) is 2.76. The van der Waals surface area contributed by atoms with Crippen molar-refractivity contribution in [1.29, 1.82) is 0 Å². The van der Waals surface area contributed by atoms with Crippen molar-refractivity contribution in [2.45, 2.75) is 10.8 Å². The van der Waals surface area contributed by atoms with Gasteiger partial charge in [-0.25, -0.2) is 13.1 Å². The number of hydrogen-bond acceptors (Lipinski definition) is 4. The standard InChI is InChI=1S/C9H10BrN3O2S2/c1-13-7(2-4-11-13)6-12-17(14,15)9-8(10)3-5-16-9/h2-5,12H,6H2,1H3. The molecule has 0 aliphatic heterocycles. The SMILES string of the molecule is Cn1nccc1CNS(=O)(=O)c1sccc1Br. The van der Waals surface area contributed by atoms with Crippen molar-refractivity contribution in [2.75, 3.05) is 0 Å². The minimum absolute atomic E-state index is 0.225. The Labute approximate surface area is 112 Å². The van der Waals surface area contributed by atoms with Crippen LogP contribution in [0.15, 0.2) is 32.4 Å². The Hall–Kier alpha value is -0.700. The monoisotopic (exact) mass is 335 g/mol. The molecule has 0 bridgehead atoms. The molecule has 17 heavy (non-hydrogen) atoms. The fourth-order valence-electron chi connectivity index (χ4n) is 1.28. The largest absolute Gasteiger partial charge is 0.271 e. The fraction of sp³-hybridized carbons (Fsp3) is 0.222. The highest BCUT2D eigenvalue weighted by Gasteiger charge is 2.19. The van der Waals surface area contributed by atoms with Crippen molar-refractivity contribution in [3.63, 3.8) is 0 Å². The number of rotatable bonds is 4. The number of sulfonamides is 1. The average molecular weight is 336 g/mol. The van der Waals surface area contributed by atoms with Crippen LogP contribution < -0.4 is 4.72 Å². The highest BCUT2D eigenvalue weighted by atomic mass is 79.9. The summed E-state index contributed by atoms with van der Waals surface area (Å²) in [5.74, 6) is 0. The molecular formula is C9H10BrN3O2S2. The van der Waals surface area contributed by atoms with Crippen molar-refractivity contribution in [1.82, 2.24) is 14.5 Å². The van der Waals surface area contributed by atoms with Crippen molar-refractivity contribution in [2.24, 2.45) is 7.05 Å². The van der Waals surface area contributed by atoms with Gasteiger partial charge in [0.1, 0.15) is 4.21 Å². The molecule has 0 radical (unpaired) electrons. The van der Waals surface area contributed by atoms with Gasteiger partial charge in [-0.1, -0.05) is 0 Å². The van der Waals surface area contributed by atoms with Crippen molar-refractivity contribution >= 4 is 37.3 Å². The Morgan fingerprint density at radius 3 is 2.82 bits per heavy atom. The van der Waals surface area contributed by atoms with Gasteiger partial charge in [0, 0.05) is 17.7 Å². The fourth-order valence-corrected chi connectivity index (χ4v) is 4.66. The van der Waals surface area contributed by atoms with Gasteiger partial charge in [0.05, 0.1) is 12.2 Å². The third-order valence-electron chi connectivity index (χ3n) is 2.19. The van der Waals surface area contributed by atoms with E-state index in [1.807, 2.05) is 0 Å². The molecule has 5 nitrogen and oxygen atoms in total. The molecule has 92 valence electrons. The van der Waals surface area contributed by atoms with Gasteiger partial charge < -0.3 is 0 Å². The Kier molecular flexibility index (Phi) is 3.67.